The molecule has 1 aromatic rings. The highest BCUT2D eigenvalue weighted by Gasteiger charge is 2.37. The Morgan fingerprint density at radius 1 is 1.62 bits per heavy atom. The number of ether oxygens (including phenoxy) is 1. The molecule has 0 amide bonds. The zero-order valence-corrected chi connectivity index (χ0v) is 11.8. The molecule has 2 heterocycles. The minimum atomic E-state index is -5.17. The Morgan fingerprint density at radius 3 is 2.90 bits per heavy atom. The molecule has 0 radical (unpaired) electrons. The topological polar surface area (TPSA) is 131 Å². The monoisotopic (exact) mass is 324 g/mol. The number of H-pyrrole nitrogens is 1. The summed E-state index contributed by atoms with van der Waals surface area (Å²) in [5.41, 5.74) is -0.980. The van der Waals surface area contributed by atoms with Crippen molar-refractivity contribution in [1.82, 2.24) is 9.55 Å². The molecule has 0 bridgehead atoms. The van der Waals surface area contributed by atoms with E-state index < -0.39 is 44.2 Å². The van der Waals surface area contributed by atoms with Gasteiger partial charge in [0.15, 0.2) is 0 Å². The van der Waals surface area contributed by atoms with Crippen LogP contribution >= 0.6 is 7.91 Å². The van der Waals surface area contributed by atoms with E-state index in [1.807, 2.05) is 0 Å². The average molecular weight is 324 g/mol. The molecule has 0 saturated carbocycles. The highest BCUT2D eigenvalue weighted by molar-refractivity contribution is 7.46. The maximum absolute atomic E-state index is 12.4. The van der Waals surface area contributed by atoms with Crippen molar-refractivity contribution in [3.8, 4) is 0 Å². The Labute approximate surface area is 117 Å². The van der Waals surface area contributed by atoms with Gasteiger partial charge < -0.3 is 9.84 Å². The van der Waals surface area contributed by atoms with Gasteiger partial charge in [0, 0.05) is 18.2 Å². The number of hydrogen-bond donors (Lipinski definition) is 3. The molecule has 4 atom stereocenters. The van der Waals surface area contributed by atoms with Gasteiger partial charge in [0.2, 0.25) is 0 Å². The molecule has 118 valence electrons. The van der Waals surface area contributed by atoms with Gasteiger partial charge in [0.05, 0.1) is 12.7 Å². The lowest BCUT2D eigenvalue weighted by atomic mass is 10.2. The van der Waals surface area contributed by atoms with Crippen molar-refractivity contribution in [1.29, 1.82) is 0 Å². The first-order chi connectivity index (χ1) is 9.67. The number of aromatic nitrogens is 2. The summed E-state index contributed by atoms with van der Waals surface area (Å²) in [7, 11) is -5.17. The van der Waals surface area contributed by atoms with Crippen LogP contribution in [0, 0.1) is 6.92 Å². The molecular weight excluding hydrogens is 310 g/mol. The summed E-state index contributed by atoms with van der Waals surface area (Å²) in [5, 5.41) is 9.75. The van der Waals surface area contributed by atoms with E-state index in [4.69, 9.17) is 9.63 Å². The van der Waals surface area contributed by atoms with Gasteiger partial charge in [-0.15, -0.1) is 4.20 Å². The van der Waals surface area contributed by atoms with Crippen molar-refractivity contribution < 1.29 is 28.0 Å². The number of halogens is 1. The second-order valence-electron chi connectivity index (χ2n) is 4.66. The van der Waals surface area contributed by atoms with Crippen LogP contribution in [0.15, 0.2) is 15.8 Å². The Balaban J connectivity index is 2.14. The van der Waals surface area contributed by atoms with Crippen LogP contribution in [0.4, 0.5) is 4.20 Å². The van der Waals surface area contributed by atoms with Gasteiger partial charge in [0.1, 0.15) is 12.3 Å². The normalized spacial score (nSPS) is 28.5. The number of hydrogen-bond acceptors (Lipinski definition) is 6. The van der Waals surface area contributed by atoms with Gasteiger partial charge in [-0.3, -0.25) is 23.8 Å². The number of nitrogens with one attached hydrogen (secondary N) is 1. The highest BCUT2D eigenvalue weighted by atomic mass is 31.2. The summed E-state index contributed by atoms with van der Waals surface area (Å²) >= 11 is 0. The summed E-state index contributed by atoms with van der Waals surface area (Å²) in [6.45, 7) is 0.852. The fraction of sp³-hybridized carbons (Fsp3) is 0.600. The van der Waals surface area contributed by atoms with Gasteiger partial charge >= 0.3 is 13.6 Å². The van der Waals surface area contributed by atoms with Crippen molar-refractivity contribution in [3.05, 3.63) is 32.6 Å². The van der Waals surface area contributed by atoms with E-state index in [9.17, 15) is 23.5 Å². The second-order valence-corrected chi connectivity index (χ2v) is 5.82. The van der Waals surface area contributed by atoms with Crippen molar-refractivity contribution in [2.45, 2.75) is 31.8 Å². The van der Waals surface area contributed by atoms with Gasteiger partial charge in [-0.1, -0.05) is 0 Å². The van der Waals surface area contributed by atoms with E-state index in [2.05, 4.69) is 9.51 Å². The molecule has 1 saturated heterocycles. The number of aliphatic hydroxyl groups is 1. The zero-order chi connectivity index (χ0) is 15.8. The van der Waals surface area contributed by atoms with Gasteiger partial charge in [-0.05, 0) is 6.92 Å². The Bertz CT molecular complexity index is 681. The van der Waals surface area contributed by atoms with Crippen LogP contribution in [0.2, 0.25) is 0 Å². The molecular formula is C10H14FN2O7P. The van der Waals surface area contributed by atoms with E-state index in [0.29, 0.717) is 0 Å². The van der Waals surface area contributed by atoms with Crippen LogP contribution in [-0.4, -0.2) is 38.4 Å². The van der Waals surface area contributed by atoms with Gasteiger partial charge in [0.25, 0.3) is 5.56 Å². The van der Waals surface area contributed by atoms with Crippen molar-refractivity contribution in [3.63, 3.8) is 0 Å². The van der Waals surface area contributed by atoms with E-state index in [1.54, 1.807) is 0 Å². The third-order valence-electron chi connectivity index (χ3n) is 3.06. The molecule has 1 aromatic heterocycles. The summed E-state index contributed by atoms with van der Waals surface area (Å²) in [6, 6.07) is 0. The lowest BCUT2D eigenvalue weighted by Crippen LogP contribution is -2.33. The lowest BCUT2D eigenvalue weighted by molar-refractivity contribution is -0.0439. The molecule has 2 rings (SSSR count). The molecule has 21 heavy (non-hydrogen) atoms. The second kappa shape index (κ2) is 5.82. The number of nitrogens with zero attached hydrogens (tertiary/aromatic N) is 1. The van der Waals surface area contributed by atoms with Gasteiger partial charge in [-0.2, -0.15) is 0 Å². The highest BCUT2D eigenvalue weighted by Crippen LogP contribution is 2.44. The molecule has 1 aliphatic heterocycles. The van der Waals surface area contributed by atoms with Crippen LogP contribution in [0.25, 0.3) is 0 Å². The van der Waals surface area contributed by atoms with E-state index in [0.717, 1.165) is 4.57 Å². The van der Waals surface area contributed by atoms with E-state index in [-0.39, 0.29) is 12.0 Å². The molecule has 1 unspecified atom stereocenters. The Kier molecular flexibility index (Phi) is 4.45. The minimum absolute atomic E-state index is 0.0125. The first-order valence-electron chi connectivity index (χ1n) is 6.00. The third kappa shape index (κ3) is 3.86. The summed E-state index contributed by atoms with van der Waals surface area (Å²) < 4.78 is 33.2. The maximum atomic E-state index is 12.4. The SMILES string of the molecule is Cc1cn([C@H]2C[C@H](O)[C@@H](COP(=O)(O)F)O2)c(=O)[nH]c1=O. The maximum Gasteiger partial charge on any atom is 0.510 e. The summed E-state index contributed by atoms with van der Waals surface area (Å²) in [6.07, 6.45) is -1.81. The molecule has 9 nitrogen and oxygen atoms in total. The van der Waals surface area contributed by atoms with Crippen molar-refractivity contribution in [2.24, 2.45) is 0 Å². The standard InChI is InChI=1S/C10H14FN2O7P/c1-5-3-13(10(16)12-9(5)15)8-2-6(14)7(20-8)4-19-21(11,17)18/h3,6-8,14H,2,4H2,1H3,(H,17,18)(H,12,15,16)/t6-,7+,8+/m0/s1. The van der Waals surface area contributed by atoms with Crippen LogP contribution in [0.1, 0.15) is 18.2 Å². The fourth-order valence-corrected chi connectivity index (χ4v) is 2.33. The molecule has 0 aromatic carbocycles. The minimum Gasteiger partial charge on any atom is -0.390 e. The molecule has 0 spiro atoms. The third-order valence-corrected chi connectivity index (χ3v) is 3.53. The van der Waals surface area contributed by atoms with Crippen molar-refractivity contribution in [2.75, 3.05) is 6.61 Å². The average Bonchev–Trinajstić information content (AvgIpc) is 2.72. The number of rotatable bonds is 4. The van der Waals surface area contributed by atoms with Gasteiger partial charge in [-0.25, -0.2) is 9.36 Å². The first-order valence-corrected chi connectivity index (χ1v) is 7.47. The smallest absolute Gasteiger partial charge is 0.390 e. The molecule has 11 heteroatoms. The van der Waals surface area contributed by atoms with Crippen LogP contribution in [0.5, 0.6) is 0 Å². The summed E-state index contributed by atoms with van der Waals surface area (Å²) in [4.78, 5) is 33.4. The number of aryl methyl sites for hydroxylation is 1. The fourth-order valence-electron chi connectivity index (χ4n) is 2.00. The molecule has 1 fully saturated rings. The molecule has 0 aliphatic carbocycles. The van der Waals surface area contributed by atoms with Crippen LogP contribution in [-0.2, 0) is 13.8 Å². The quantitative estimate of drug-likeness (QED) is 0.641. The van der Waals surface area contributed by atoms with Crippen LogP contribution < -0.4 is 11.2 Å². The Hall–Kier alpha value is -1.32. The van der Waals surface area contributed by atoms with E-state index in [1.165, 1.54) is 13.1 Å². The number of aromatic amines is 1. The molecule has 1 aliphatic rings. The predicted molar refractivity (Wildman–Crippen MR) is 67.5 cm³/mol. The van der Waals surface area contributed by atoms with Crippen LogP contribution in [0.3, 0.4) is 0 Å². The van der Waals surface area contributed by atoms with E-state index >= 15 is 0 Å². The van der Waals surface area contributed by atoms with Crippen molar-refractivity contribution >= 4 is 7.91 Å². The number of aliphatic hydroxyl groups excluding tert-OH is 1. The molecule has 3 N–H and O–H groups in total. The zero-order valence-electron chi connectivity index (χ0n) is 10.9. The Morgan fingerprint density at radius 2 is 2.29 bits per heavy atom. The summed E-state index contributed by atoms with van der Waals surface area (Å²) in [5.74, 6) is 0. The predicted octanol–water partition coefficient (Wildman–Crippen LogP) is -0.420. The first kappa shape index (κ1) is 16.1. The largest absolute Gasteiger partial charge is 0.510 e. The lowest BCUT2D eigenvalue weighted by Gasteiger charge is -2.16.